The van der Waals surface area contributed by atoms with E-state index in [9.17, 15) is 0 Å². The number of hydrogen-bond donors (Lipinski definition) is 2. The number of likely N-dealkylation sites (N-methyl/N-ethyl adjacent to an activating group) is 1. The van der Waals surface area contributed by atoms with Crippen LogP contribution in [-0.4, -0.2) is 52.6 Å². The zero-order valence-electron chi connectivity index (χ0n) is 15.8. The van der Waals surface area contributed by atoms with Gasteiger partial charge in [-0.3, -0.25) is 4.40 Å². The van der Waals surface area contributed by atoms with Gasteiger partial charge in [0.15, 0.2) is 17.4 Å². The van der Waals surface area contributed by atoms with E-state index in [2.05, 4.69) is 69.3 Å². The highest BCUT2D eigenvalue weighted by Crippen LogP contribution is 2.22. The van der Waals surface area contributed by atoms with Crippen molar-refractivity contribution in [1.82, 2.24) is 30.1 Å². The number of aromatic nitrogens is 3. The van der Waals surface area contributed by atoms with Crippen molar-refractivity contribution in [3.63, 3.8) is 0 Å². The van der Waals surface area contributed by atoms with Crippen LogP contribution in [-0.2, 0) is 6.54 Å². The lowest BCUT2D eigenvalue weighted by molar-refractivity contribution is 0.302. The largest absolute Gasteiger partial charge is 0.357 e. The van der Waals surface area contributed by atoms with Gasteiger partial charge in [0.05, 0.1) is 6.04 Å². The van der Waals surface area contributed by atoms with Crippen LogP contribution in [0.1, 0.15) is 23.7 Å². The summed E-state index contributed by atoms with van der Waals surface area (Å²) in [6.45, 7) is 4.11. The summed E-state index contributed by atoms with van der Waals surface area (Å²) in [5, 5.41) is 17.3. The first-order valence-electron chi connectivity index (χ1n) is 8.69. The van der Waals surface area contributed by atoms with Crippen LogP contribution < -0.4 is 10.6 Å². The zero-order valence-corrected chi connectivity index (χ0v) is 18.9. The molecule has 0 aliphatic heterocycles. The number of aliphatic imine (C=N–C) groups is 1. The van der Waals surface area contributed by atoms with Gasteiger partial charge in [-0.05, 0) is 44.6 Å². The molecule has 0 spiro atoms. The molecule has 0 bridgehead atoms. The minimum Gasteiger partial charge on any atom is -0.357 e. The van der Waals surface area contributed by atoms with Crippen molar-refractivity contribution >= 4 is 46.9 Å². The van der Waals surface area contributed by atoms with Crippen LogP contribution in [0.3, 0.4) is 0 Å². The van der Waals surface area contributed by atoms with Crippen LogP contribution in [0.2, 0.25) is 0 Å². The summed E-state index contributed by atoms with van der Waals surface area (Å²) in [5.41, 5.74) is 0.834. The van der Waals surface area contributed by atoms with Gasteiger partial charge in [-0.2, -0.15) is 0 Å². The molecule has 0 saturated carbocycles. The van der Waals surface area contributed by atoms with Crippen LogP contribution in [0.4, 0.5) is 0 Å². The second-order valence-corrected chi connectivity index (χ2v) is 7.10. The predicted molar refractivity (Wildman–Crippen MR) is 122 cm³/mol. The number of rotatable bonds is 7. The number of hydrogen-bond acceptors (Lipinski definition) is 5. The lowest BCUT2D eigenvalue weighted by Crippen LogP contribution is -2.41. The van der Waals surface area contributed by atoms with Gasteiger partial charge in [0, 0.05) is 24.2 Å². The fraction of sp³-hybridized carbons (Fsp3) is 0.389. The standard InChI is InChI=1S/C18H25N7S.HI/c1-4-19-18(20-12-14(24(2)3)15-8-7-11-26-15)21-13-17-23-22-16-9-5-6-10-25(16)17;/h5-11,14H,4,12-13H2,1-3H3,(H2,19,20,21);1H. The Morgan fingerprint density at radius 1 is 1.22 bits per heavy atom. The second-order valence-electron chi connectivity index (χ2n) is 6.12. The third-order valence-electron chi connectivity index (χ3n) is 4.06. The maximum Gasteiger partial charge on any atom is 0.191 e. The molecule has 1 unspecified atom stereocenters. The van der Waals surface area contributed by atoms with Gasteiger partial charge in [0.1, 0.15) is 6.54 Å². The summed E-state index contributed by atoms with van der Waals surface area (Å²) >= 11 is 1.77. The molecule has 9 heteroatoms. The molecule has 0 aromatic carbocycles. The van der Waals surface area contributed by atoms with Crippen LogP contribution in [0, 0.1) is 0 Å². The third kappa shape index (κ3) is 5.63. The Morgan fingerprint density at radius 3 is 2.78 bits per heavy atom. The Hall–Kier alpha value is -1.72. The molecule has 3 heterocycles. The molecule has 146 valence electrons. The van der Waals surface area contributed by atoms with Crippen molar-refractivity contribution in [3.8, 4) is 0 Å². The van der Waals surface area contributed by atoms with Crippen molar-refractivity contribution in [2.24, 2.45) is 4.99 Å². The van der Waals surface area contributed by atoms with Gasteiger partial charge in [-0.25, -0.2) is 4.99 Å². The normalized spacial score (nSPS) is 12.8. The Labute approximate surface area is 180 Å². The van der Waals surface area contributed by atoms with E-state index in [0.29, 0.717) is 12.6 Å². The Kier molecular flexibility index (Phi) is 8.45. The van der Waals surface area contributed by atoms with Gasteiger partial charge in [0.25, 0.3) is 0 Å². The molecule has 2 N–H and O–H groups in total. The summed E-state index contributed by atoms with van der Waals surface area (Å²) in [6, 6.07) is 10.4. The van der Waals surface area contributed by atoms with Gasteiger partial charge < -0.3 is 15.5 Å². The smallest absolute Gasteiger partial charge is 0.191 e. The first-order chi connectivity index (χ1) is 12.7. The summed E-state index contributed by atoms with van der Waals surface area (Å²) in [6.07, 6.45) is 1.96. The monoisotopic (exact) mass is 499 g/mol. The summed E-state index contributed by atoms with van der Waals surface area (Å²) in [7, 11) is 4.19. The number of pyridine rings is 1. The Morgan fingerprint density at radius 2 is 2.07 bits per heavy atom. The van der Waals surface area contributed by atoms with E-state index in [1.165, 1.54) is 4.88 Å². The minimum absolute atomic E-state index is 0. The lowest BCUT2D eigenvalue weighted by atomic mass is 10.2. The highest BCUT2D eigenvalue weighted by molar-refractivity contribution is 14.0. The van der Waals surface area contributed by atoms with Crippen molar-refractivity contribution in [2.75, 3.05) is 27.2 Å². The second kappa shape index (κ2) is 10.6. The van der Waals surface area contributed by atoms with E-state index in [4.69, 9.17) is 0 Å². The maximum absolute atomic E-state index is 4.67. The highest BCUT2D eigenvalue weighted by atomic mass is 127. The quantitative estimate of drug-likeness (QED) is 0.297. The molecular formula is C18H26IN7S. The molecule has 0 saturated heterocycles. The summed E-state index contributed by atoms with van der Waals surface area (Å²) in [5.74, 6) is 1.60. The highest BCUT2D eigenvalue weighted by Gasteiger charge is 2.15. The molecule has 3 rings (SSSR count). The van der Waals surface area contributed by atoms with Crippen molar-refractivity contribution < 1.29 is 0 Å². The van der Waals surface area contributed by atoms with E-state index < -0.39 is 0 Å². The van der Waals surface area contributed by atoms with E-state index in [1.807, 2.05) is 28.8 Å². The fourth-order valence-corrected chi connectivity index (χ4v) is 3.62. The molecule has 3 aromatic heterocycles. The maximum atomic E-state index is 4.67. The molecule has 0 aliphatic carbocycles. The Bertz CT molecular complexity index is 844. The molecule has 27 heavy (non-hydrogen) atoms. The van der Waals surface area contributed by atoms with E-state index in [-0.39, 0.29) is 24.0 Å². The molecule has 7 nitrogen and oxygen atoms in total. The van der Waals surface area contributed by atoms with Crippen LogP contribution in [0.15, 0.2) is 46.9 Å². The minimum atomic E-state index is 0. The number of thiophene rings is 1. The van der Waals surface area contributed by atoms with Crippen molar-refractivity contribution in [3.05, 3.63) is 52.6 Å². The molecule has 0 fully saturated rings. The average molecular weight is 499 g/mol. The first-order valence-corrected chi connectivity index (χ1v) is 9.57. The topological polar surface area (TPSA) is 69.8 Å². The average Bonchev–Trinajstić information content (AvgIpc) is 3.29. The summed E-state index contributed by atoms with van der Waals surface area (Å²) in [4.78, 5) is 8.23. The van der Waals surface area contributed by atoms with Crippen molar-refractivity contribution in [2.45, 2.75) is 19.5 Å². The van der Waals surface area contributed by atoms with Gasteiger partial charge >= 0.3 is 0 Å². The number of halogens is 1. The SMILES string of the molecule is CCNC(=NCc1nnc2ccccn12)NCC(c1cccs1)N(C)C.I. The molecule has 0 aliphatic rings. The zero-order chi connectivity index (χ0) is 18.4. The van der Waals surface area contributed by atoms with E-state index in [1.54, 1.807) is 11.3 Å². The molecule has 0 amide bonds. The van der Waals surface area contributed by atoms with Gasteiger partial charge in [-0.15, -0.1) is 45.5 Å². The van der Waals surface area contributed by atoms with Crippen LogP contribution in [0.5, 0.6) is 0 Å². The van der Waals surface area contributed by atoms with Gasteiger partial charge in [0.2, 0.25) is 0 Å². The molecule has 3 aromatic rings. The lowest BCUT2D eigenvalue weighted by Gasteiger charge is -2.24. The number of nitrogens with zero attached hydrogens (tertiary/aromatic N) is 5. The van der Waals surface area contributed by atoms with E-state index in [0.717, 1.165) is 30.5 Å². The predicted octanol–water partition coefficient (Wildman–Crippen LogP) is 2.77. The molecule has 0 radical (unpaired) electrons. The Balaban J connectivity index is 0.00000261. The number of nitrogens with one attached hydrogen (secondary N) is 2. The molecule has 1 atom stereocenters. The fourth-order valence-electron chi connectivity index (χ4n) is 2.70. The van der Waals surface area contributed by atoms with Gasteiger partial charge in [-0.1, -0.05) is 12.1 Å². The number of fused-ring (bicyclic) bond motifs is 1. The third-order valence-corrected chi connectivity index (χ3v) is 5.04. The molecular weight excluding hydrogens is 473 g/mol. The summed E-state index contributed by atoms with van der Waals surface area (Å²) < 4.78 is 1.96. The van der Waals surface area contributed by atoms with Crippen LogP contribution >= 0.6 is 35.3 Å². The first kappa shape index (κ1) is 21.6. The van der Waals surface area contributed by atoms with E-state index >= 15 is 0 Å². The van der Waals surface area contributed by atoms with Crippen LogP contribution in [0.25, 0.3) is 5.65 Å². The number of guanidine groups is 1. The van der Waals surface area contributed by atoms with Crippen molar-refractivity contribution in [1.29, 1.82) is 0 Å².